The molecule has 28 heavy (non-hydrogen) atoms. The van der Waals surface area contributed by atoms with E-state index in [4.69, 9.17) is 5.26 Å². The molecule has 0 radical (unpaired) electrons. The summed E-state index contributed by atoms with van der Waals surface area (Å²) in [4.78, 5) is 14.8. The largest absolute Gasteiger partial charge is 0.331 e. The second kappa shape index (κ2) is 7.10. The zero-order valence-electron chi connectivity index (χ0n) is 15.8. The van der Waals surface area contributed by atoms with Crippen LogP contribution in [0.3, 0.4) is 0 Å². The van der Waals surface area contributed by atoms with Gasteiger partial charge in [-0.25, -0.2) is 9.82 Å². The number of carbonyl (C=O) groups is 1. The first-order chi connectivity index (χ1) is 13.5. The van der Waals surface area contributed by atoms with Gasteiger partial charge in [0.2, 0.25) is 0 Å². The Balaban J connectivity index is 1.57. The standard InChI is InChI=1S/C22H21FN4O/c1-14-3-8-18(19(23)9-14)20-10-21-22(28)26(12-15(2)27(21)25-20)13-17-6-4-16(11-24)5-7-17/h3-10,15,20,25H,12-13H2,1-2H3. The van der Waals surface area contributed by atoms with Crippen LogP contribution in [-0.4, -0.2) is 28.4 Å². The van der Waals surface area contributed by atoms with E-state index in [1.165, 1.54) is 6.07 Å². The number of amides is 1. The molecule has 2 heterocycles. The van der Waals surface area contributed by atoms with Crippen molar-refractivity contribution in [3.05, 3.63) is 82.3 Å². The Kier molecular flexibility index (Phi) is 4.62. The molecule has 0 spiro atoms. The Morgan fingerprint density at radius 2 is 2.00 bits per heavy atom. The highest BCUT2D eigenvalue weighted by Gasteiger charge is 2.39. The van der Waals surface area contributed by atoms with Crippen LogP contribution in [0.4, 0.5) is 4.39 Å². The molecule has 5 nitrogen and oxygen atoms in total. The average Bonchev–Trinajstić information content (AvgIpc) is 3.12. The molecule has 0 bridgehead atoms. The van der Waals surface area contributed by atoms with Crippen LogP contribution in [0.2, 0.25) is 0 Å². The van der Waals surface area contributed by atoms with Crippen molar-refractivity contribution in [2.45, 2.75) is 32.5 Å². The first kappa shape index (κ1) is 18.2. The van der Waals surface area contributed by atoms with E-state index in [1.807, 2.05) is 37.1 Å². The highest BCUT2D eigenvalue weighted by Crippen LogP contribution is 2.32. The van der Waals surface area contributed by atoms with Gasteiger partial charge in [-0.3, -0.25) is 9.80 Å². The smallest absolute Gasteiger partial charge is 0.271 e. The fraction of sp³-hybridized carbons (Fsp3) is 0.273. The van der Waals surface area contributed by atoms with Gasteiger partial charge in [-0.1, -0.05) is 24.3 Å². The fourth-order valence-electron chi connectivity index (χ4n) is 3.76. The lowest BCUT2D eigenvalue weighted by atomic mass is 10.0. The van der Waals surface area contributed by atoms with E-state index < -0.39 is 0 Å². The lowest BCUT2D eigenvalue weighted by Gasteiger charge is -2.40. The Hall–Kier alpha value is -3.17. The summed E-state index contributed by atoms with van der Waals surface area (Å²) in [6.45, 7) is 4.92. The van der Waals surface area contributed by atoms with Gasteiger partial charge in [-0.2, -0.15) is 5.26 Å². The summed E-state index contributed by atoms with van der Waals surface area (Å²) in [7, 11) is 0. The van der Waals surface area contributed by atoms with E-state index in [9.17, 15) is 9.18 Å². The second-order valence-corrected chi connectivity index (χ2v) is 7.40. The van der Waals surface area contributed by atoms with Crippen LogP contribution in [-0.2, 0) is 11.3 Å². The minimum Gasteiger partial charge on any atom is -0.331 e. The fourth-order valence-corrected chi connectivity index (χ4v) is 3.76. The molecule has 0 saturated carbocycles. The second-order valence-electron chi connectivity index (χ2n) is 7.40. The van der Waals surface area contributed by atoms with Gasteiger partial charge in [0.25, 0.3) is 5.91 Å². The van der Waals surface area contributed by atoms with Crippen molar-refractivity contribution in [2.24, 2.45) is 0 Å². The molecule has 2 aromatic rings. The zero-order valence-corrected chi connectivity index (χ0v) is 15.8. The van der Waals surface area contributed by atoms with E-state index in [-0.39, 0.29) is 23.8 Å². The van der Waals surface area contributed by atoms with Crippen LogP contribution in [0.15, 0.2) is 54.2 Å². The predicted octanol–water partition coefficient (Wildman–Crippen LogP) is 3.18. The summed E-state index contributed by atoms with van der Waals surface area (Å²) >= 11 is 0. The molecule has 2 atom stereocenters. The van der Waals surface area contributed by atoms with Crippen LogP contribution in [0.1, 0.15) is 35.2 Å². The number of carbonyl (C=O) groups excluding carboxylic acids is 1. The molecule has 2 aromatic carbocycles. The maximum atomic E-state index is 14.4. The lowest BCUT2D eigenvalue weighted by molar-refractivity contribution is -0.134. The van der Waals surface area contributed by atoms with Crippen molar-refractivity contribution in [1.29, 1.82) is 5.26 Å². The number of hydrazine groups is 1. The summed E-state index contributed by atoms with van der Waals surface area (Å²) in [5, 5.41) is 10.8. The number of piperazine rings is 1. The number of aryl methyl sites for hydroxylation is 1. The Labute approximate surface area is 163 Å². The highest BCUT2D eigenvalue weighted by molar-refractivity contribution is 5.94. The Morgan fingerprint density at radius 3 is 2.68 bits per heavy atom. The van der Waals surface area contributed by atoms with Gasteiger partial charge in [0.1, 0.15) is 11.5 Å². The minimum atomic E-state index is -0.364. The molecule has 0 aromatic heterocycles. The molecule has 2 aliphatic heterocycles. The van der Waals surface area contributed by atoms with Gasteiger partial charge >= 0.3 is 0 Å². The number of halogens is 1. The van der Waals surface area contributed by atoms with Gasteiger partial charge in [-0.05, 0) is 49.2 Å². The van der Waals surface area contributed by atoms with Gasteiger partial charge in [-0.15, -0.1) is 0 Å². The number of rotatable bonds is 3. The summed E-state index contributed by atoms with van der Waals surface area (Å²) in [6, 6.07) is 14.2. The SMILES string of the molecule is Cc1ccc(C2C=C3C(=O)N(Cc4ccc(C#N)cc4)CC(C)N3N2)c(F)c1. The van der Waals surface area contributed by atoms with Crippen LogP contribution < -0.4 is 5.43 Å². The summed E-state index contributed by atoms with van der Waals surface area (Å²) in [5.74, 6) is -0.353. The van der Waals surface area contributed by atoms with Crippen LogP contribution in [0.5, 0.6) is 0 Å². The van der Waals surface area contributed by atoms with Gasteiger partial charge < -0.3 is 4.90 Å². The predicted molar refractivity (Wildman–Crippen MR) is 103 cm³/mol. The molecule has 2 aliphatic rings. The summed E-state index contributed by atoms with van der Waals surface area (Å²) in [6.07, 6.45) is 1.80. The third kappa shape index (κ3) is 3.25. The zero-order chi connectivity index (χ0) is 19.8. The number of nitriles is 1. The van der Waals surface area contributed by atoms with Gasteiger partial charge in [0, 0.05) is 18.7 Å². The average molecular weight is 376 g/mol. The van der Waals surface area contributed by atoms with Crippen molar-refractivity contribution >= 4 is 5.91 Å². The number of fused-ring (bicyclic) bond motifs is 1. The number of nitrogens with zero attached hydrogens (tertiary/aromatic N) is 3. The van der Waals surface area contributed by atoms with Crippen LogP contribution >= 0.6 is 0 Å². The van der Waals surface area contributed by atoms with E-state index in [1.54, 1.807) is 29.2 Å². The number of benzene rings is 2. The molecule has 1 saturated heterocycles. The first-order valence-electron chi connectivity index (χ1n) is 9.28. The molecule has 1 amide bonds. The van der Waals surface area contributed by atoms with Crippen molar-refractivity contribution in [3.63, 3.8) is 0 Å². The summed E-state index contributed by atoms with van der Waals surface area (Å²) in [5.41, 5.74) is 6.79. The van der Waals surface area contributed by atoms with E-state index >= 15 is 0 Å². The lowest BCUT2D eigenvalue weighted by Crippen LogP contribution is -2.55. The molecule has 2 unspecified atom stereocenters. The molecule has 6 heteroatoms. The Bertz CT molecular complexity index is 993. The monoisotopic (exact) mass is 376 g/mol. The molecular formula is C22H21FN4O. The van der Waals surface area contributed by atoms with Crippen molar-refractivity contribution in [2.75, 3.05) is 6.54 Å². The number of hydrogen-bond donors (Lipinski definition) is 1. The molecule has 4 rings (SSSR count). The molecule has 1 fully saturated rings. The van der Waals surface area contributed by atoms with Gasteiger partial charge in [0.05, 0.1) is 23.7 Å². The highest BCUT2D eigenvalue weighted by atomic mass is 19.1. The maximum Gasteiger partial charge on any atom is 0.271 e. The number of hydrogen-bond acceptors (Lipinski definition) is 4. The molecular weight excluding hydrogens is 355 g/mol. The van der Waals surface area contributed by atoms with Crippen molar-refractivity contribution < 1.29 is 9.18 Å². The van der Waals surface area contributed by atoms with Crippen molar-refractivity contribution in [1.82, 2.24) is 15.3 Å². The molecule has 1 N–H and O–H groups in total. The van der Waals surface area contributed by atoms with E-state index in [2.05, 4.69) is 11.5 Å². The minimum absolute atomic E-state index is 0.0563. The van der Waals surface area contributed by atoms with Crippen LogP contribution in [0.25, 0.3) is 0 Å². The third-order valence-electron chi connectivity index (χ3n) is 5.24. The topological polar surface area (TPSA) is 59.4 Å². The quantitative estimate of drug-likeness (QED) is 0.894. The third-order valence-corrected chi connectivity index (χ3v) is 5.24. The first-order valence-corrected chi connectivity index (χ1v) is 9.28. The maximum absolute atomic E-state index is 14.4. The molecule has 0 aliphatic carbocycles. The van der Waals surface area contributed by atoms with Gasteiger partial charge in [0.15, 0.2) is 0 Å². The Morgan fingerprint density at radius 1 is 1.25 bits per heavy atom. The van der Waals surface area contributed by atoms with E-state index in [0.717, 1.165) is 11.1 Å². The molecule has 142 valence electrons. The normalized spacial score (nSPS) is 21.4. The van der Waals surface area contributed by atoms with E-state index in [0.29, 0.717) is 29.9 Å². The number of nitrogens with one attached hydrogen (secondary N) is 1. The van der Waals surface area contributed by atoms with Crippen LogP contribution in [0, 0.1) is 24.1 Å². The summed E-state index contributed by atoms with van der Waals surface area (Å²) < 4.78 is 14.4. The van der Waals surface area contributed by atoms with Crippen molar-refractivity contribution in [3.8, 4) is 6.07 Å².